The Kier molecular flexibility index (Phi) is 5.68. The normalized spacial score (nSPS) is 20.9. The fraction of sp³-hybridized carbons (Fsp3) is 0.867. The zero-order valence-corrected chi connectivity index (χ0v) is 12.6. The van der Waals surface area contributed by atoms with Crippen LogP contribution in [-0.2, 0) is 4.79 Å². The number of nitrogens with zero attached hydrogens (tertiary/aromatic N) is 2. The number of urea groups is 1. The topological polar surface area (TPSA) is 52.7 Å². The van der Waals surface area contributed by atoms with Crippen LogP contribution < -0.4 is 5.32 Å². The molecule has 1 aliphatic carbocycles. The minimum atomic E-state index is -0.00752. The van der Waals surface area contributed by atoms with Crippen LogP contribution in [0.4, 0.5) is 4.79 Å². The van der Waals surface area contributed by atoms with E-state index in [9.17, 15) is 9.59 Å². The zero-order chi connectivity index (χ0) is 14.4. The second kappa shape index (κ2) is 7.50. The maximum Gasteiger partial charge on any atom is 0.317 e. The first-order valence-corrected chi connectivity index (χ1v) is 8.01. The van der Waals surface area contributed by atoms with Crippen molar-refractivity contribution in [2.75, 3.05) is 32.7 Å². The van der Waals surface area contributed by atoms with Gasteiger partial charge in [0.25, 0.3) is 0 Å². The number of hydrogen-bond donors (Lipinski definition) is 1. The third-order valence-electron chi connectivity index (χ3n) is 4.44. The quantitative estimate of drug-likeness (QED) is 0.858. The van der Waals surface area contributed by atoms with Gasteiger partial charge in [-0.3, -0.25) is 4.79 Å². The van der Waals surface area contributed by atoms with Crippen LogP contribution >= 0.6 is 0 Å². The van der Waals surface area contributed by atoms with Crippen LogP contribution in [0.5, 0.6) is 0 Å². The van der Waals surface area contributed by atoms with Crippen LogP contribution in [0.2, 0.25) is 0 Å². The summed E-state index contributed by atoms with van der Waals surface area (Å²) in [6, 6.07) is -0.00752. The van der Waals surface area contributed by atoms with Crippen molar-refractivity contribution in [1.82, 2.24) is 15.1 Å². The van der Waals surface area contributed by atoms with Crippen molar-refractivity contribution in [2.45, 2.75) is 45.4 Å². The fourth-order valence-electron chi connectivity index (χ4n) is 3.19. The Hall–Kier alpha value is -1.26. The number of hydrogen-bond acceptors (Lipinski definition) is 2. The van der Waals surface area contributed by atoms with Gasteiger partial charge in [0.2, 0.25) is 5.91 Å². The molecule has 0 radical (unpaired) electrons. The molecule has 2 fully saturated rings. The largest absolute Gasteiger partial charge is 0.339 e. The van der Waals surface area contributed by atoms with Gasteiger partial charge < -0.3 is 15.1 Å². The van der Waals surface area contributed by atoms with Crippen molar-refractivity contribution in [2.24, 2.45) is 5.92 Å². The molecule has 1 saturated heterocycles. The molecule has 3 amide bonds. The molecule has 0 aromatic rings. The summed E-state index contributed by atoms with van der Waals surface area (Å²) in [6.07, 6.45) is 7.03. The van der Waals surface area contributed by atoms with Gasteiger partial charge in [-0.15, -0.1) is 0 Å². The Morgan fingerprint density at radius 1 is 1.00 bits per heavy atom. The molecule has 1 saturated carbocycles. The number of rotatable bonds is 3. The Labute approximate surface area is 121 Å². The molecule has 0 spiro atoms. The third-order valence-corrected chi connectivity index (χ3v) is 4.44. The van der Waals surface area contributed by atoms with Crippen molar-refractivity contribution in [3.8, 4) is 0 Å². The van der Waals surface area contributed by atoms with Crippen LogP contribution in [0.1, 0.15) is 45.4 Å². The van der Waals surface area contributed by atoms with Crippen molar-refractivity contribution in [3.63, 3.8) is 0 Å². The highest BCUT2D eigenvalue weighted by atomic mass is 16.2. The lowest BCUT2D eigenvalue weighted by Crippen LogP contribution is -2.53. The van der Waals surface area contributed by atoms with Crippen molar-refractivity contribution < 1.29 is 9.59 Å². The molecule has 5 nitrogen and oxygen atoms in total. The van der Waals surface area contributed by atoms with Gasteiger partial charge in [0.05, 0.1) is 0 Å². The molecule has 20 heavy (non-hydrogen) atoms. The first-order valence-electron chi connectivity index (χ1n) is 8.01. The Bertz CT molecular complexity index is 332. The van der Waals surface area contributed by atoms with E-state index in [4.69, 9.17) is 0 Å². The van der Waals surface area contributed by atoms with Gasteiger partial charge in [-0.05, 0) is 25.7 Å². The van der Waals surface area contributed by atoms with Crippen LogP contribution in [0.15, 0.2) is 0 Å². The highest BCUT2D eigenvalue weighted by molar-refractivity contribution is 5.77. The van der Waals surface area contributed by atoms with Crippen LogP contribution in [0, 0.1) is 5.92 Å². The number of carbonyl (C=O) groups excluding carboxylic acids is 2. The average molecular weight is 281 g/mol. The van der Waals surface area contributed by atoms with E-state index in [1.54, 1.807) is 4.90 Å². The van der Waals surface area contributed by atoms with Crippen LogP contribution in [-0.4, -0.2) is 54.5 Å². The predicted molar refractivity (Wildman–Crippen MR) is 78.4 cm³/mol. The van der Waals surface area contributed by atoms with E-state index in [-0.39, 0.29) is 11.9 Å². The summed E-state index contributed by atoms with van der Waals surface area (Å²) in [5.74, 6) is 0.880. The predicted octanol–water partition coefficient (Wildman–Crippen LogP) is 1.83. The van der Waals surface area contributed by atoms with Gasteiger partial charge in [-0.2, -0.15) is 0 Å². The molecule has 0 aromatic carbocycles. The van der Waals surface area contributed by atoms with Crippen molar-refractivity contribution >= 4 is 11.9 Å². The second-order valence-corrected chi connectivity index (χ2v) is 5.91. The standard InChI is InChI=1S/C15H27N3O2/c1-2-16-15(20)18-10-8-17(9-11-18)14(19)12-13-6-4-3-5-7-13/h13H,2-12H2,1H3,(H,16,20). The minimum absolute atomic E-state index is 0.00752. The number of piperazine rings is 1. The van der Waals surface area contributed by atoms with E-state index in [0.717, 1.165) is 0 Å². The maximum absolute atomic E-state index is 12.3. The summed E-state index contributed by atoms with van der Waals surface area (Å²) in [4.78, 5) is 27.7. The van der Waals surface area contributed by atoms with E-state index in [1.165, 1.54) is 32.1 Å². The van der Waals surface area contributed by atoms with E-state index in [2.05, 4.69) is 5.32 Å². The zero-order valence-electron chi connectivity index (χ0n) is 12.6. The highest BCUT2D eigenvalue weighted by Crippen LogP contribution is 2.26. The van der Waals surface area contributed by atoms with E-state index < -0.39 is 0 Å². The molecule has 2 aliphatic rings. The molecule has 0 atom stereocenters. The summed E-state index contributed by atoms with van der Waals surface area (Å²) in [5.41, 5.74) is 0. The SMILES string of the molecule is CCNC(=O)N1CCN(C(=O)CC2CCCCC2)CC1. The maximum atomic E-state index is 12.3. The van der Waals surface area contributed by atoms with Crippen LogP contribution in [0.25, 0.3) is 0 Å². The Morgan fingerprint density at radius 2 is 1.60 bits per heavy atom. The molecule has 5 heteroatoms. The first-order chi connectivity index (χ1) is 9.70. The van der Waals surface area contributed by atoms with Gasteiger partial charge in [0, 0.05) is 39.1 Å². The Balaban J connectivity index is 1.72. The Morgan fingerprint density at radius 3 is 2.20 bits per heavy atom. The summed E-state index contributed by atoms with van der Waals surface area (Å²) in [7, 11) is 0. The summed E-state index contributed by atoms with van der Waals surface area (Å²) in [5, 5.41) is 2.81. The highest BCUT2D eigenvalue weighted by Gasteiger charge is 2.25. The van der Waals surface area contributed by atoms with Crippen molar-refractivity contribution in [1.29, 1.82) is 0 Å². The van der Waals surface area contributed by atoms with E-state index >= 15 is 0 Å². The third kappa shape index (κ3) is 4.12. The van der Waals surface area contributed by atoms with E-state index in [0.29, 0.717) is 45.1 Å². The van der Waals surface area contributed by atoms with Gasteiger partial charge in [0.1, 0.15) is 0 Å². The second-order valence-electron chi connectivity index (χ2n) is 5.91. The van der Waals surface area contributed by atoms with Crippen molar-refractivity contribution in [3.05, 3.63) is 0 Å². The van der Waals surface area contributed by atoms with Crippen LogP contribution in [0.3, 0.4) is 0 Å². The fourth-order valence-corrected chi connectivity index (χ4v) is 3.19. The summed E-state index contributed by atoms with van der Waals surface area (Å²) < 4.78 is 0. The number of nitrogens with one attached hydrogen (secondary N) is 1. The molecule has 114 valence electrons. The molecule has 0 aromatic heterocycles. The molecule has 1 N–H and O–H groups in total. The number of carbonyl (C=O) groups is 2. The molecule has 0 bridgehead atoms. The molecule has 2 rings (SSSR count). The molecular formula is C15H27N3O2. The van der Waals surface area contributed by atoms with Gasteiger partial charge in [0.15, 0.2) is 0 Å². The lowest BCUT2D eigenvalue weighted by atomic mass is 9.86. The lowest BCUT2D eigenvalue weighted by molar-refractivity contribution is -0.133. The molecular weight excluding hydrogens is 254 g/mol. The van der Waals surface area contributed by atoms with Gasteiger partial charge in [-0.1, -0.05) is 19.3 Å². The molecule has 1 aliphatic heterocycles. The molecule has 0 unspecified atom stereocenters. The van der Waals surface area contributed by atoms with E-state index in [1.807, 2.05) is 11.8 Å². The summed E-state index contributed by atoms with van der Waals surface area (Å²) >= 11 is 0. The molecule has 1 heterocycles. The lowest BCUT2D eigenvalue weighted by Gasteiger charge is -2.35. The summed E-state index contributed by atoms with van der Waals surface area (Å²) in [6.45, 7) is 5.25. The average Bonchev–Trinajstić information content (AvgIpc) is 2.48. The first kappa shape index (κ1) is 15.1. The minimum Gasteiger partial charge on any atom is -0.339 e. The smallest absolute Gasteiger partial charge is 0.317 e. The number of amides is 3. The monoisotopic (exact) mass is 281 g/mol. The van der Waals surface area contributed by atoms with Gasteiger partial charge in [-0.25, -0.2) is 4.79 Å². The van der Waals surface area contributed by atoms with Gasteiger partial charge >= 0.3 is 6.03 Å².